The summed E-state index contributed by atoms with van der Waals surface area (Å²) >= 11 is 0. The standard InChI is InChI=1S/C14H18NO2.C7H15NO3.W/c1-16-12-2-3-13-11(10-12)4-7-15-14(13)5-8-17-9-6-14;9-6-8-5-7(10)1-3-11-4-2-7;/h2-3,10H,4-9H2,1H3;8-10H,1-6H2;/q-1;;. The van der Waals surface area contributed by atoms with Gasteiger partial charge in [-0.25, -0.2) is 0 Å². The van der Waals surface area contributed by atoms with Gasteiger partial charge in [0.25, 0.3) is 0 Å². The third kappa shape index (κ3) is 6.47. The molecule has 7 nitrogen and oxygen atoms in total. The van der Waals surface area contributed by atoms with E-state index in [2.05, 4.69) is 23.5 Å². The van der Waals surface area contributed by atoms with Crippen LogP contribution < -0.4 is 10.1 Å². The summed E-state index contributed by atoms with van der Waals surface area (Å²) < 4.78 is 15.9. The number of benzene rings is 1. The van der Waals surface area contributed by atoms with E-state index >= 15 is 0 Å². The van der Waals surface area contributed by atoms with Crippen LogP contribution in [0, 0.1) is 0 Å². The van der Waals surface area contributed by atoms with Crippen molar-refractivity contribution in [3.05, 3.63) is 34.6 Å². The molecule has 0 radical (unpaired) electrons. The summed E-state index contributed by atoms with van der Waals surface area (Å²) in [5.74, 6) is 0.952. The SMILES string of the molecule is COc1ccc2c(c1)CC[N-]C21CCOCC1.OCNCC1(O)CCOCC1.[W]. The van der Waals surface area contributed by atoms with Gasteiger partial charge in [0, 0.05) is 66.9 Å². The number of fused-ring (bicyclic) bond motifs is 2. The molecule has 0 saturated carbocycles. The molecule has 164 valence electrons. The average molecular weight is 577 g/mol. The maximum atomic E-state index is 9.75. The van der Waals surface area contributed by atoms with Gasteiger partial charge in [0.2, 0.25) is 0 Å². The van der Waals surface area contributed by atoms with Crippen LogP contribution in [0.1, 0.15) is 36.8 Å². The van der Waals surface area contributed by atoms with Gasteiger partial charge in [-0.2, -0.15) is 0 Å². The van der Waals surface area contributed by atoms with Crippen molar-refractivity contribution in [3.63, 3.8) is 0 Å². The zero-order valence-electron chi connectivity index (χ0n) is 17.2. The molecule has 3 aliphatic rings. The number of hydrogen-bond donors (Lipinski definition) is 3. The van der Waals surface area contributed by atoms with Crippen molar-refractivity contribution in [2.24, 2.45) is 0 Å². The second-order valence-corrected chi connectivity index (χ2v) is 7.72. The van der Waals surface area contributed by atoms with Crippen molar-refractivity contribution in [1.82, 2.24) is 5.32 Å². The second kappa shape index (κ2) is 11.8. The predicted molar refractivity (Wildman–Crippen MR) is 107 cm³/mol. The summed E-state index contributed by atoms with van der Waals surface area (Å²) in [6.07, 6.45) is 4.38. The van der Waals surface area contributed by atoms with E-state index in [1.54, 1.807) is 7.11 Å². The largest absolute Gasteiger partial charge is 0.653 e. The summed E-state index contributed by atoms with van der Waals surface area (Å²) in [6, 6.07) is 6.42. The Morgan fingerprint density at radius 1 is 1.10 bits per heavy atom. The molecule has 2 saturated heterocycles. The molecule has 2 fully saturated rings. The number of ether oxygens (including phenoxy) is 3. The monoisotopic (exact) mass is 577 g/mol. The third-order valence-corrected chi connectivity index (χ3v) is 5.92. The van der Waals surface area contributed by atoms with Crippen LogP contribution in [-0.2, 0) is 42.5 Å². The molecule has 1 aromatic rings. The molecule has 1 aromatic carbocycles. The molecule has 0 unspecified atom stereocenters. The van der Waals surface area contributed by atoms with E-state index in [1.165, 1.54) is 11.1 Å². The van der Waals surface area contributed by atoms with E-state index in [4.69, 9.17) is 24.6 Å². The van der Waals surface area contributed by atoms with Gasteiger partial charge >= 0.3 is 0 Å². The first-order chi connectivity index (χ1) is 13.6. The molecule has 4 rings (SSSR count). The zero-order valence-corrected chi connectivity index (χ0v) is 20.1. The fourth-order valence-corrected chi connectivity index (χ4v) is 4.19. The van der Waals surface area contributed by atoms with Gasteiger partial charge in [-0.05, 0) is 37.0 Å². The quantitative estimate of drug-likeness (QED) is 0.472. The minimum atomic E-state index is -0.666. The number of nitrogens with zero attached hydrogens (tertiary/aromatic N) is 1. The molecule has 3 N–H and O–H groups in total. The number of rotatable bonds is 4. The van der Waals surface area contributed by atoms with Crippen molar-refractivity contribution >= 4 is 0 Å². The van der Waals surface area contributed by atoms with Crippen LogP contribution in [0.15, 0.2) is 18.2 Å². The van der Waals surface area contributed by atoms with Gasteiger partial charge in [0.1, 0.15) is 5.75 Å². The maximum Gasteiger partial charge on any atom is 0.119 e. The van der Waals surface area contributed by atoms with Gasteiger partial charge < -0.3 is 29.7 Å². The Morgan fingerprint density at radius 2 is 1.76 bits per heavy atom. The summed E-state index contributed by atoms with van der Waals surface area (Å²) in [7, 11) is 1.72. The number of aliphatic hydroxyl groups excluding tert-OH is 1. The molecule has 8 heteroatoms. The number of nitrogens with one attached hydrogen (secondary N) is 1. The first-order valence-electron chi connectivity index (χ1n) is 10.2. The van der Waals surface area contributed by atoms with Gasteiger partial charge in [0.05, 0.1) is 19.4 Å². The van der Waals surface area contributed by atoms with E-state index in [-0.39, 0.29) is 33.3 Å². The Morgan fingerprint density at radius 3 is 2.38 bits per heavy atom. The Hall–Kier alpha value is -0.532. The molecule has 0 amide bonds. The van der Waals surface area contributed by atoms with Crippen LogP contribution in [0.4, 0.5) is 0 Å². The van der Waals surface area contributed by atoms with Crippen LogP contribution >= 0.6 is 0 Å². The summed E-state index contributed by atoms with van der Waals surface area (Å²) in [5.41, 5.74) is 2.16. The molecule has 29 heavy (non-hydrogen) atoms. The fourth-order valence-electron chi connectivity index (χ4n) is 4.19. The number of hydrogen-bond acceptors (Lipinski definition) is 6. The van der Waals surface area contributed by atoms with E-state index in [0.717, 1.165) is 44.8 Å². The van der Waals surface area contributed by atoms with E-state index < -0.39 is 5.60 Å². The molecule has 0 bridgehead atoms. The number of aliphatic hydroxyl groups is 2. The van der Waals surface area contributed by atoms with Crippen molar-refractivity contribution in [1.29, 1.82) is 0 Å². The summed E-state index contributed by atoms with van der Waals surface area (Å²) in [5, 5.41) is 25.8. The van der Waals surface area contributed by atoms with Crippen LogP contribution in [0.5, 0.6) is 5.75 Å². The molecule has 0 aliphatic carbocycles. The second-order valence-electron chi connectivity index (χ2n) is 7.72. The Bertz CT molecular complexity index is 619. The van der Waals surface area contributed by atoms with Crippen LogP contribution in [0.2, 0.25) is 0 Å². The van der Waals surface area contributed by atoms with Gasteiger partial charge in [-0.3, -0.25) is 5.32 Å². The zero-order chi connectivity index (χ0) is 19.9. The Kier molecular flexibility index (Phi) is 10.0. The third-order valence-electron chi connectivity index (χ3n) is 5.92. The molecule has 0 atom stereocenters. The maximum absolute atomic E-state index is 9.75. The van der Waals surface area contributed by atoms with Crippen LogP contribution in [0.3, 0.4) is 0 Å². The summed E-state index contributed by atoms with van der Waals surface area (Å²) in [4.78, 5) is 0. The van der Waals surface area contributed by atoms with Crippen molar-refractivity contribution in [2.75, 3.05) is 53.4 Å². The molecule has 3 aliphatic heterocycles. The van der Waals surface area contributed by atoms with E-state index in [0.29, 0.717) is 32.6 Å². The molecular formula is C21H33N2O5W-. The summed E-state index contributed by atoms with van der Waals surface area (Å²) in [6.45, 7) is 4.19. The predicted octanol–water partition coefficient (Wildman–Crippen LogP) is 1.70. The van der Waals surface area contributed by atoms with Gasteiger partial charge in [-0.1, -0.05) is 17.2 Å². The minimum Gasteiger partial charge on any atom is -0.653 e. The first-order valence-corrected chi connectivity index (χ1v) is 10.2. The van der Waals surface area contributed by atoms with Gasteiger partial charge in [0.15, 0.2) is 0 Å². The van der Waals surface area contributed by atoms with E-state index in [9.17, 15) is 5.11 Å². The molecule has 1 spiro atoms. The van der Waals surface area contributed by atoms with Crippen LogP contribution in [0.25, 0.3) is 5.32 Å². The molecule has 0 aromatic heterocycles. The minimum absolute atomic E-state index is 0. The topological polar surface area (TPSA) is 94.3 Å². The normalized spacial score (nSPS) is 21.9. The Balaban J connectivity index is 0.000000219. The molecule has 3 heterocycles. The fraction of sp³-hybridized carbons (Fsp3) is 0.714. The van der Waals surface area contributed by atoms with Crippen molar-refractivity contribution in [2.45, 2.75) is 43.2 Å². The Labute approximate surface area is 187 Å². The van der Waals surface area contributed by atoms with Crippen molar-refractivity contribution in [3.8, 4) is 5.75 Å². The average Bonchev–Trinajstić information content (AvgIpc) is 2.74. The van der Waals surface area contributed by atoms with Crippen LogP contribution in [-0.4, -0.2) is 69.2 Å². The van der Waals surface area contributed by atoms with Gasteiger partial charge in [-0.15, -0.1) is 6.54 Å². The van der Waals surface area contributed by atoms with E-state index in [1.807, 2.05) is 0 Å². The first kappa shape index (κ1) is 24.7. The van der Waals surface area contributed by atoms with Crippen molar-refractivity contribution < 1.29 is 45.5 Å². The number of methoxy groups -OCH3 is 1. The smallest absolute Gasteiger partial charge is 0.119 e. The molecular weight excluding hydrogens is 544 g/mol.